The Morgan fingerprint density at radius 3 is 2.20 bits per heavy atom. The van der Waals surface area contributed by atoms with Gasteiger partial charge in [0.15, 0.2) is 0 Å². The summed E-state index contributed by atoms with van der Waals surface area (Å²) in [6.45, 7) is 11.2. The fourth-order valence-electron chi connectivity index (χ4n) is 2.69. The molecule has 0 aliphatic carbocycles. The van der Waals surface area contributed by atoms with E-state index in [1.807, 2.05) is 11.3 Å². The maximum absolute atomic E-state index is 6.44. The normalized spacial score (nSPS) is 15.0. The van der Waals surface area contributed by atoms with Crippen molar-refractivity contribution < 1.29 is 0 Å². The van der Waals surface area contributed by atoms with Crippen LogP contribution in [0.1, 0.15) is 57.9 Å². The highest BCUT2D eigenvalue weighted by atomic mass is 79.9. The molecule has 1 heterocycles. The second kappa shape index (κ2) is 9.19. The summed E-state index contributed by atoms with van der Waals surface area (Å²) in [5.74, 6) is 0.768. The van der Waals surface area contributed by atoms with Crippen molar-refractivity contribution in [2.75, 3.05) is 13.1 Å². The molecule has 0 aromatic carbocycles. The molecule has 0 saturated heterocycles. The maximum Gasteiger partial charge on any atom is 0.0702 e. The minimum atomic E-state index is 0.204. The first-order valence-electron chi connectivity index (χ1n) is 7.82. The van der Waals surface area contributed by atoms with Gasteiger partial charge in [-0.05, 0) is 46.9 Å². The van der Waals surface area contributed by atoms with Crippen molar-refractivity contribution in [2.45, 2.75) is 59.0 Å². The van der Waals surface area contributed by atoms with E-state index in [0.717, 1.165) is 25.4 Å². The van der Waals surface area contributed by atoms with Gasteiger partial charge in [-0.25, -0.2) is 0 Å². The SMILES string of the molecule is CCC(CC)CN(CC)C(c1ccc(Br)s1)C(N)CC. The van der Waals surface area contributed by atoms with E-state index in [0.29, 0.717) is 6.04 Å². The molecule has 0 fully saturated rings. The van der Waals surface area contributed by atoms with Gasteiger partial charge >= 0.3 is 0 Å². The van der Waals surface area contributed by atoms with E-state index in [1.54, 1.807) is 0 Å². The van der Waals surface area contributed by atoms with Crippen molar-refractivity contribution in [3.05, 3.63) is 20.8 Å². The number of rotatable bonds is 9. The summed E-state index contributed by atoms with van der Waals surface area (Å²) in [6.07, 6.45) is 3.50. The summed E-state index contributed by atoms with van der Waals surface area (Å²) in [5.41, 5.74) is 6.44. The Kier molecular flexibility index (Phi) is 8.34. The van der Waals surface area contributed by atoms with Crippen LogP contribution in [0.3, 0.4) is 0 Å². The molecule has 1 aromatic heterocycles. The van der Waals surface area contributed by atoms with Crippen molar-refractivity contribution in [2.24, 2.45) is 11.7 Å². The Morgan fingerprint density at radius 1 is 1.15 bits per heavy atom. The monoisotopic (exact) mass is 360 g/mol. The summed E-state index contributed by atoms with van der Waals surface area (Å²) < 4.78 is 1.19. The van der Waals surface area contributed by atoms with Crippen molar-refractivity contribution in [1.82, 2.24) is 4.90 Å². The standard InChI is InChI=1S/C16H29BrN2S/c1-5-12(6-2)11-19(8-4)16(13(18)7-3)14-9-10-15(17)20-14/h9-10,12-13,16H,5-8,11,18H2,1-4H3. The van der Waals surface area contributed by atoms with Crippen LogP contribution >= 0.6 is 27.3 Å². The third kappa shape index (κ3) is 4.83. The lowest BCUT2D eigenvalue weighted by Gasteiger charge is -2.36. The van der Waals surface area contributed by atoms with E-state index in [4.69, 9.17) is 5.73 Å². The molecular weight excluding hydrogens is 332 g/mol. The summed E-state index contributed by atoms with van der Waals surface area (Å²) in [6, 6.07) is 4.92. The van der Waals surface area contributed by atoms with Crippen LogP contribution in [-0.4, -0.2) is 24.0 Å². The first-order valence-corrected chi connectivity index (χ1v) is 9.42. The number of halogens is 1. The van der Waals surface area contributed by atoms with E-state index < -0.39 is 0 Å². The van der Waals surface area contributed by atoms with E-state index in [2.05, 4.69) is 60.7 Å². The van der Waals surface area contributed by atoms with Gasteiger partial charge in [0.05, 0.1) is 9.83 Å². The van der Waals surface area contributed by atoms with Crippen molar-refractivity contribution in [3.63, 3.8) is 0 Å². The highest BCUT2D eigenvalue weighted by Crippen LogP contribution is 2.34. The Bertz CT molecular complexity index is 376. The first-order chi connectivity index (χ1) is 9.57. The van der Waals surface area contributed by atoms with Crippen LogP contribution in [0.15, 0.2) is 15.9 Å². The Labute approximate surface area is 136 Å². The molecule has 0 amide bonds. The van der Waals surface area contributed by atoms with Gasteiger partial charge < -0.3 is 5.73 Å². The lowest BCUT2D eigenvalue weighted by molar-refractivity contribution is 0.150. The highest BCUT2D eigenvalue weighted by Gasteiger charge is 2.27. The molecule has 1 rings (SSSR count). The molecule has 0 spiro atoms. The highest BCUT2D eigenvalue weighted by molar-refractivity contribution is 9.11. The zero-order valence-corrected chi connectivity index (χ0v) is 15.6. The smallest absolute Gasteiger partial charge is 0.0702 e. The molecule has 2 N–H and O–H groups in total. The van der Waals surface area contributed by atoms with Crippen molar-refractivity contribution in [3.8, 4) is 0 Å². The summed E-state index contributed by atoms with van der Waals surface area (Å²) in [7, 11) is 0. The van der Waals surface area contributed by atoms with E-state index in [9.17, 15) is 0 Å². The van der Waals surface area contributed by atoms with Crippen LogP contribution in [0, 0.1) is 5.92 Å². The average molecular weight is 361 g/mol. The Hall–Kier alpha value is 0.1000. The molecule has 0 aliphatic rings. The second-order valence-electron chi connectivity index (χ2n) is 5.43. The van der Waals surface area contributed by atoms with Crippen molar-refractivity contribution >= 4 is 27.3 Å². The molecular formula is C16H29BrN2S. The first kappa shape index (κ1) is 18.1. The van der Waals surface area contributed by atoms with Gasteiger partial charge in [0.25, 0.3) is 0 Å². The van der Waals surface area contributed by atoms with Gasteiger partial charge in [0.2, 0.25) is 0 Å². The van der Waals surface area contributed by atoms with Gasteiger partial charge in [-0.15, -0.1) is 11.3 Å². The summed E-state index contributed by atoms with van der Waals surface area (Å²) >= 11 is 5.40. The number of nitrogens with zero attached hydrogens (tertiary/aromatic N) is 1. The number of hydrogen-bond donors (Lipinski definition) is 1. The van der Waals surface area contributed by atoms with Crippen LogP contribution in [0.25, 0.3) is 0 Å². The average Bonchev–Trinajstić information content (AvgIpc) is 2.88. The predicted molar refractivity (Wildman–Crippen MR) is 94.3 cm³/mol. The Morgan fingerprint density at radius 2 is 1.80 bits per heavy atom. The van der Waals surface area contributed by atoms with Gasteiger partial charge in [-0.2, -0.15) is 0 Å². The van der Waals surface area contributed by atoms with Gasteiger partial charge in [-0.3, -0.25) is 4.90 Å². The molecule has 4 heteroatoms. The number of hydrogen-bond acceptors (Lipinski definition) is 3. The quantitative estimate of drug-likeness (QED) is 0.667. The largest absolute Gasteiger partial charge is 0.326 e. The third-order valence-corrected chi connectivity index (χ3v) is 5.90. The van der Waals surface area contributed by atoms with E-state index >= 15 is 0 Å². The lowest BCUT2D eigenvalue weighted by Crippen LogP contribution is -2.42. The second-order valence-corrected chi connectivity index (χ2v) is 7.92. The minimum absolute atomic E-state index is 0.204. The van der Waals surface area contributed by atoms with E-state index in [-0.39, 0.29) is 6.04 Å². The van der Waals surface area contributed by atoms with Gasteiger partial charge in [0.1, 0.15) is 0 Å². The number of nitrogens with two attached hydrogens (primary N) is 1. The minimum Gasteiger partial charge on any atom is -0.326 e. The summed E-state index contributed by atoms with van der Waals surface area (Å²) in [4.78, 5) is 3.96. The molecule has 2 atom stereocenters. The Balaban J connectivity index is 2.95. The van der Waals surface area contributed by atoms with E-state index in [1.165, 1.54) is 21.5 Å². The molecule has 0 bridgehead atoms. The molecule has 20 heavy (non-hydrogen) atoms. The predicted octanol–water partition coefficient (Wildman–Crippen LogP) is 5.05. The van der Waals surface area contributed by atoms with Crippen LogP contribution in [0.2, 0.25) is 0 Å². The summed E-state index contributed by atoms with van der Waals surface area (Å²) in [5, 5.41) is 0. The fourth-order valence-corrected chi connectivity index (χ4v) is 4.32. The zero-order valence-electron chi connectivity index (χ0n) is 13.2. The van der Waals surface area contributed by atoms with Crippen LogP contribution in [-0.2, 0) is 0 Å². The fraction of sp³-hybridized carbons (Fsp3) is 0.750. The van der Waals surface area contributed by atoms with Crippen LogP contribution in [0.5, 0.6) is 0 Å². The van der Waals surface area contributed by atoms with Gasteiger partial charge in [0, 0.05) is 17.5 Å². The molecule has 1 aromatic rings. The maximum atomic E-state index is 6.44. The molecule has 0 saturated carbocycles. The van der Waals surface area contributed by atoms with Gasteiger partial charge in [-0.1, -0.05) is 40.5 Å². The van der Waals surface area contributed by atoms with Crippen LogP contribution in [0.4, 0.5) is 0 Å². The van der Waals surface area contributed by atoms with Crippen LogP contribution < -0.4 is 5.73 Å². The molecule has 2 unspecified atom stereocenters. The zero-order chi connectivity index (χ0) is 15.1. The number of likely N-dealkylation sites (N-methyl/N-ethyl adjacent to an activating group) is 1. The number of thiophene rings is 1. The molecule has 116 valence electrons. The third-order valence-electron chi connectivity index (χ3n) is 4.21. The van der Waals surface area contributed by atoms with Crippen molar-refractivity contribution in [1.29, 1.82) is 0 Å². The molecule has 0 radical (unpaired) electrons. The molecule has 0 aliphatic heterocycles. The lowest BCUT2D eigenvalue weighted by atomic mass is 9.98. The molecule has 2 nitrogen and oxygen atoms in total. The topological polar surface area (TPSA) is 29.3 Å².